The normalized spacial score (nSPS) is 18.4. The van der Waals surface area contributed by atoms with Crippen molar-refractivity contribution < 1.29 is 27.8 Å². The summed E-state index contributed by atoms with van der Waals surface area (Å²) in [5, 5.41) is 13.1. The quantitative estimate of drug-likeness (QED) is 0.644. The van der Waals surface area contributed by atoms with Gasteiger partial charge < -0.3 is 15.2 Å². The fourth-order valence-electron chi connectivity index (χ4n) is 3.43. The van der Waals surface area contributed by atoms with Crippen LogP contribution in [0.5, 0.6) is 5.88 Å². The second-order valence-corrected chi connectivity index (χ2v) is 8.72. The zero-order chi connectivity index (χ0) is 22.2. The summed E-state index contributed by atoms with van der Waals surface area (Å²) in [7, 11) is 0. The maximum atomic E-state index is 12.9. The van der Waals surface area contributed by atoms with Gasteiger partial charge in [-0.25, -0.2) is 4.98 Å². The van der Waals surface area contributed by atoms with Crippen LogP contribution in [0.25, 0.3) is 11.1 Å². The molecule has 2 N–H and O–H groups in total. The molecule has 1 heterocycles. The van der Waals surface area contributed by atoms with Crippen molar-refractivity contribution in [1.82, 2.24) is 10.3 Å². The van der Waals surface area contributed by atoms with Gasteiger partial charge in [0.25, 0.3) is 5.91 Å². The first-order chi connectivity index (χ1) is 14.6. The fourth-order valence-corrected chi connectivity index (χ4v) is 3.43. The third-order valence-electron chi connectivity index (χ3n) is 5.85. The van der Waals surface area contributed by atoms with Gasteiger partial charge in [-0.1, -0.05) is 12.1 Å². The van der Waals surface area contributed by atoms with E-state index in [0.29, 0.717) is 23.7 Å². The molecule has 1 aromatic heterocycles. The molecule has 2 fully saturated rings. The van der Waals surface area contributed by atoms with Crippen LogP contribution in [0.2, 0.25) is 0 Å². The lowest BCUT2D eigenvalue weighted by molar-refractivity contribution is -0.137. The van der Waals surface area contributed by atoms with Crippen LogP contribution in [-0.2, 0) is 6.18 Å². The van der Waals surface area contributed by atoms with Crippen LogP contribution in [0.15, 0.2) is 36.5 Å². The number of amides is 1. The molecule has 2 saturated carbocycles. The third-order valence-corrected chi connectivity index (χ3v) is 5.85. The van der Waals surface area contributed by atoms with Gasteiger partial charge in [-0.15, -0.1) is 0 Å². The average Bonchev–Trinajstić information content (AvgIpc) is 3.63. The van der Waals surface area contributed by atoms with Gasteiger partial charge in [0.2, 0.25) is 5.88 Å². The fraction of sp³-hybridized carbons (Fsp3) is 0.478. The second kappa shape index (κ2) is 8.15. The van der Waals surface area contributed by atoms with Crippen molar-refractivity contribution in [3.63, 3.8) is 0 Å². The Hall–Kier alpha value is -2.61. The van der Waals surface area contributed by atoms with Crippen molar-refractivity contribution in [3.05, 3.63) is 47.7 Å². The largest absolute Gasteiger partial charge is 0.477 e. The number of benzene rings is 1. The number of nitrogens with zero attached hydrogens (tertiary/aromatic N) is 1. The smallest absolute Gasteiger partial charge is 0.416 e. The van der Waals surface area contributed by atoms with E-state index < -0.39 is 23.2 Å². The van der Waals surface area contributed by atoms with Crippen LogP contribution in [0, 0.1) is 11.8 Å². The summed E-state index contributed by atoms with van der Waals surface area (Å²) in [5.41, 5.74) is -0.532. The van der Waals surface area contributed by atoms with Gasteiger partial charge in [0.15, 0.2) is 0 Å². The van der Waals surface area contributed by atoms with Gasteiger partial charge in [0.1, 0.15) is 0 Å². The number of halogens is 3. The average molecular weight is 434 g/mol. The summed E-state index contributed by atoms with van der Waals surface area (Å²) < 4.78 is 44.6. The Morgan fingerprint density at radius 3 is 2.45 bits per heavy atom. The van der Waals surface area contributed by atoms with E-state index in [1.165, 1.54) is 18.3 Å². The minimum atomic E-state index is -4.43. The van der Waals surface area contributed by atoms with E-state index in [9.17, 15) is 23.1 Å². The van der Waals surface area contributed by atoms with Crippen molar-refractivity contribution in [3.8, 4) is 17.0 Å². The first-order valence-electron chi connectivity index (χ1n) is 10.4. The number of carbonyl (C=O) groups excluding carboxylic acids is 1. The number of aromatic nitrogens is 1. The first-order valence-corrected chi connectivity index (χ1v) is 10.4. The van der Waals surface area contributed by atoms with Crippen LogP contribution < -0.4 is 10.1 Å². The van der Waals surface area contributed by atoms with E-state index in [0.717, 1.165) is 37.8 Å². The van der Waals surface area contributed by atoms with Crippen molar-refractivity contribution in [2.45, 2.75) is 44.4 Å². The van der Waals surface area contributed by atoms with Crippen LogP contribution in [0.1, 0.15) is 48.5 Å². The van der Waals surface area contributed by atoms with E-state index in [1.807, 2.05) is 0 Å². The molecular formula is C23H25F3N2O3. The lowest BCUT2D eigenvalue weighted by Crippen LogP contribution is -2.42. The minimum Gasteiger partial charge on any atom is -0.477 e. The molecule has 0 bridgehead atoms. The molecule has 8 heteroatoms. The Labute approximate surface area is 178 Å². The second-order valence-electron chi connectivity index (χ2n) is 8.72. The maximum Gasteiger partial charge on any atom is 0.416 e. The number of ether oxygens (including phenoxy) is 1. The zero-order valence-electron chi connectivity index (χ0n) is 17.2. The number of hydrogen-bond acceptors (Lipinski definition) is 4. The van der Waals surface area contributed by atoms with E-state index in [-0.39, 0.29) is 23.9 Å². The Morgan fingerprint density at radius 1 is 1.19 bits per heavy atom. The standard InChI is InChI=1S/C23H25F3N2O3/c1-22(30,17-8-9-17)13-28-20(29)16-10-19(21(27-11-16)31-12-14-2-3-14)15-4-6-18(7-5-15)23(24,25)26/h4-7,10-11,14,17,30H,2-3,8-9,12-13H2,1H3,(H,28,29)/t22-/m0/s1. The molecule has 4 rings (SSSR count). The highest BCUT2D eigenvalue weighted by Gasteiger charge is 2.40. The summed E-state index contributed by atoms with van der Waals surface area (Å²) in [6.45, 7) is 2.30. The maximum absolute atomic E-state index is 12.9. The van der Waals surface area contributed by atoms with Crippen molar-refractivity contribution in [2.24, 2.45) is 11.8 Å². The van der Waals surface area contributed by atoms with Gasteiger partial charge in [0.05, 0.1) is 23.3 Å². The summed E-state index contributed by atoms with van der Waals surface area (Å²) >= 11 is 0. The number of alkyl halides is 3. The molecule has 2 aliphatic rings. The Balaban J connectivity index is 1.56. The molecular weight excluding hydrogens is 409 g/mol. The Kier molecular flexibility index (Phi) is 5.68. The van der Waals surface area contributed by atoms with Crippen molar-refractivity contribution in [2.75, 3.05) is 13.2 Å². The van der Waals surface area contributed by atoms with Gasteiger partial charge in [-0.2, -0.15) is 13.2 Å². The number of pyridine rings is 1. The Morgan fingerprint density at radius 2 is 1.87 bits per heavy atom. The summed E-state index contributed by atoms with van der Waals surface area (Å²) in [4.78, 5) is 16.9. The topological polar surface area (TPSA) is 71.5 Å². The molecule has 2 aliphatic carbocycles. The van der Waals surface area contributed by atoms with Crippen LogP contribution in [-0.4, -0.2) is 34.8 Å². The highest BCUT2D eigenvalue weighted by atomic mass is 19.4. The molecule has 31 heavy (non-hydrogen) atoms. The van der Waals surface area contributed by atoms with Gasteiger partial charge in [-0.3, -0.25) is 4.79 Å². The summed E-state index contributed by atoms with van der Waals surface area (Å²) in [5.74, 6) is 0.533. The van der Waals surface area contributed by atoms with Gasteiger partial charge in [-0.05, 0) is 68.2 Å². The predicted molar refractivity (Wildman–Crippen MR) is 109 cm³/mol. The number of rotatable bonds is 8. The minimum absolute atomic E-state index is 0.117. The predicted octanol–water partition coefficient (Wildman–Crippen LogP) is 4.45. The van der Waals surface area contributed by atoms with Crippen molar-refractivity contribution in [1.29, 1.82) is 0 Å². The summed E-state index contributed by atoms with van der Waals surface area (Å²) in [6.07, 6.45) is 0.998. The molecule has 1 aromatic carbocycles. The van der Waals surface area contributed by atoms with Crippen molar-refractivity contribution >= 4 is 5.91 Å². The molecule has 0 unspecified atom stereocenters. The van der Waals surface area contributed by atoms with E-state index in [4.69, 9.17) is 4.74 Å². The number of hydrogen-bond donors (Lipinski definition) is 2. The highest BCUT2D eigenvalue weighted by molar-refractivity contribution is 5.95. The highest BCUT2D eigenvalue weighted by Crippen LogP contribution is 2.39. The number of nitrogens with one attached hydrogen (secondary N) is 1. The number of aliphatic hydroxyl groups is 1. The molecule has 5 nitrogen and oxygen atoms in total. The first kappa shape index (κ1) is 21.6. The zero-order valence-corrected chi connectivity index (χ0v) is 17.2. The van der Waals surface area contributed by atoms with Gasteiger partial charge >= 0.3 is 6.18 Å². The molecule has 1 amide bonds. The molecule has 0 saturated heterocycles. The van der Waals surface area contributed by atoms with Crippen LogP contribution in [0.3, 0.4) is 0 Å². The lowest BCUT2D eigenvalue weighted by atomic mass is 10.0. The molecule has 1 atom stereocenters. The Bertz CT molecular complexity index is 950. The van der Waals surface area contributed by atoms with Crippen LogP contribution in [0.4, 0.5) is 13.2 Å². The molecule has 0 aliphatic heterocycles. The molecule has 0 spiro atoms. The van der Waals surface area contributed by atoms with E-state index in [2.05, 4.69) is 10.3 Å². The van der Waals surface area contributed by atoms with E-state index in [1.54, 1.807) is 13.0 Å². The molecule has 2 aromatic rings. The van der Waals surface area contributed by atoms with Crippen LogP contribution >= 0.6 is 0 Å². The molecule has 0 radical (unpaired) electrons. The SMILES string of the molecule is C[C@](O)(CNC(=O)c1cnc(OCC2CC2)c(-c2ccc(C(F)(F)F)cc2)c1)C1CC1. The third kappa shape index (κ3) is 5.36. The van der Waals surface area contributed by atoms with E-state index >= 15 is 0 Å². The monoisotopic (exact) mass is 434 g/mol. The lowest BCUT2D eigenvalue weighted by Gasteiger charge is -2.23. The van der Waals surface area contributed by atoms with Gasteiger partial charge in [0, 0.05) is 18.3 Å². The number of carbonyl (C=O) groups is 1. The summed E-state index contributed by atoms with van der Waals surface area (Å²) in [6, 6.07) is 6.27. The molecule has 166 valence electrons.